The standard InChI is InChI=1S/C18H27N3O3S/c1-14-12-20(13-15-4-2-3-5-15)10-11-21(14)18(22)16-6-8-17(9-7-16)19-25(23)24/h6-9,14-15,19H,2-5,10-13H2,1H3,(H,23,24)/t14-/m1/s1. The average molecular weight is 365 g/mol. The van der Waals surface area contributed by atoms with E-state index in [2.05, 4.69) is 16.5 Å². The topological polar surface area (TPSA) is 72.9 Å². The molecule has 0 aromatic heterocycles. The summed E-state index contributed by atoms with van der Waals surface area (Å²) in [7, 11) is 0. The fourth-order valence-corrected chi connectivity index (χ4v) is 4.34. The normalized spacial score (nSPS) is 23.6. The predicted molar refractivity (Wildman–Crippen MR) is 99.7 cm³/mol. The first-order chi connectivity index (χ1) is 12.0. The lowest BCUT2D eigenvalue weighted by Gasteiger charge is -2.40. The zero-order valence-electron chi connectivity index (χ0n) is 14.7. The molecule has 2 aliphatic rings. The molecule has 1 aliphatic heterocycles. The molecule has 1 unspecified atom stereocenters. The Kier molecular flexibility index (Phi) is 6.09. The van der Waals surface area contributed by atoms with Crippen LogP contribution in [-0.2, 0) is 11.3 Å². The zero-order valence-corrected chi connectivity index (χ0v) is 15.5. The highest BCUT2D eigenvalue weighted by atomic mass is 32.2. The molecule has 6 nitrogen and oxygen atoms in total. The molecule has 7 heteroatoms. The van der Waals surface area contributed by atoms with Crippen LogP contribution in [0.4, 0.5) is 5.69 Å². The van der Waals surface area contributed by atoms with Crippen molar-refractivity contribution in [3.63, 3.8) is 0 Å². The first kappa shape index (κ1) is 18.4. The number of hydrogen-bond acceptors (Lipinski definition) is 3. The summed E-state index contributed by atoms with van der Waals surface area (Å²) < 4.78 is 22.0. The molecule has 2 atom stereocenters. The second kappa shape index (κ2) is 8.29. The summed E-state index contributed by atoms with van der Waals surface area (Å²) in [6, 6.07) is 6.92. The van der Waals surface area contributed by atoms with Gasteiger partial charge in [0, 0.05) is 43.5 Å². The Balaban J connectivity index is 1.56. The molecule has 1 heterocycles. The Hall–Kier alpha value is -1.44. The van der Waals surface area contributed by atoms with Gasteiger partial charge in [-0.05, 0) is 49.9 Å². The van der Waals surface area contributed by atoms with Crippen LogP contribution in [0.1, 0.15) is 43.0 Å². The van der Waals surface area contributed by atoms with Gasteiger partial charge in [-0.25, -0.2) is 4.21 Å². The van der Waals surface area contributed by atoms with Gasteiger partial charge < -0.3 is 4.90 Å². The molecule has 1 aliphatic carbocycles. The maximum absolute atomic E-state index is 12.8. The van der Waals surface area contributed by atoms with Crippen LogP contribution in [0.25, 0.3) is 0 Å². The molecule has 1 aromatic carbocycles. The number of nitrogens with one attached hydrogen (secondary N) is 1. The summed E-state index contributed by atoms with van der Waals surface area (Å²) in [5.41, 5.74) is 1.14. The van der Waals surface area contributed by atoms with Gasteiger partial charge in [0.15, 0.2) is 0 Å². The summed E-state index contributed by atoms with van der Waals surface area (Å²) in [5.74, 6) is 0.872. The van der Waals surface area contributed by atoms with Crippen LogP contribution < -0.4 is 4.72 Å². The van der Waals surface area contributed by atoms with E-state index in [0.29, 0.717) is 11.3 Å². The SMILES string of the molecule is C[C@@H]1CN(CC2CCCC2)CCN1C(=O)c1ccc(NS(=O)O)cc1. The number of piperazine rings is 1. The molecule has 138 valence electrons. The van der Waals surface area contributed by atoms with E-state index in [4.69, 9.17) is 4.55 Å². The summed E-state index contributed by atoms with van der Waals surface area (Å²) in [5, 5.41) is 0. The van der Waals surface area contributed by atoms with Crippen LogP contribution in [0.5, 0.6) is 0 Å². The first-order valence-electron chi connectivity index (χ1n) is 9.04. The minimum atomic E-state index is -2.10. The Morgan fingerprint density at radius 3 is 2.52 bits per heavy atom. The summed E-state index contributed by atoms with van der Waals surface area (Å²) >= 11 is -2.10. The van der Waals surface area contributed by atoms with Crippen molar-refractivity contribution in [1.82, 2.24) is 9.80 Å². The second-order valence-corrected chi connectivity index (χ2v) is 7.89. The smallest absolute Gasteiger partial charge is 0.259 e. The number of carbonyl (C=O) groups is 1. The van der Waals surface area contributed by atoms with Gasteiger partial charge >= 0.3 is 0 Å². The third-order valence-corrected chi connectivity index (χ3v) is 5.71. The number of anilines is 1. The minimum Gasteiger partial charge on any atom is -0.333 e. The van der Waals surface area contributed by atoms with Crippen LogP contribution in [0.3, 0.4) is 0 Å². The second-order valence-electron chi connectivity index (χ2n) is 7.19. The van der Waals surface area contributed by atoms with E-state index in [1.165, 1.54) is 32.2 Å². The number of amides is 1. The van der Waals surface area contributed by atoms with Gasteiger partial charge in [-0.15, -0.1) is 0 Å². The van der Waals surface area contributed by atoms with Crippen LogP contribution in [0.15, 0.2) is 24.3 Å². The maximum Gasteiger partial charge on any atom is 0.259 e. The molecule has 25 heavy (non-hydrogen) atoms. The minimum absolute atomic E-state index is 0.0321. The molecule has 1 amide bonds. The van der Waals surface area contributed by atoms with Crippen molar-refractivity contribution in [2.24, 2.45) is 5.92 Å². The van der Waals surface area contributed by atoms with Gasteiger partial charge in [0.25, 0.3) is 17.2 Å². The van der Waals surface area contributed by atoms with Crippen LogP contribution in [0.2, 0.25) is 0 Å². The third-order valence-electron chi connectivity index (χ3n) is 5.30. The van der Waals surface area contributed by atoms with E-state index >= 15 is 0 Å². The molecular weight excluding hydrogens is 338 g/mol. The Bertz CT molecular complexity index is 616. The lowest BCUT2D eigenvalue weighted by atomic mass is 10.1. The fourth-order valence-electron chi connectivity index (χ4n) is 4.01. The third kappa shape index (κ3) is 4.80. The van der Waals surface area contributed by atoms with E-state index < -0.39 is 11.3 Å². The van der Waals surface area contributed by atoms with Crippen LogP contribution >= 0.6 is 0 Å². The van der Waals surface area contributed by atoms with Gasteiger partial charge in [-0.2, -0.15) is 0 Å². The zero-order chi connectivity index (χ0) is 17.8. The van der Waals surface area contributed by atoms with Crippen LogP contribution in [0, 0.1) is 5.92 Å². The Labute approximate surface area is 152 Å². The predicted octanol–water partition coefficient (Wildman–Crippen LogP) is 2.57. The van der Waals surface area contributed by atoms with Crippen molar-refractivity contribution >= 4 is 22.9 Å². The molecule has 1 saturated carbocycles. The molecule has 2 fully saturated rings. The van der Waals surface area contributed by atoms with Gasteiger partial charge in [0.2, 0.25) is 0 Å². The van der Waals surface area contributed by atoms with Crippen molar-refractivity contribution in [3.8, 4) is 0 Å². The van der Waals surface area contributed by atoms with Crippen molar-refractivity contribution < 1.29 is 13.6 Å². The van der Waals surface area contributed by atoms with Crippen molar-refractivity contribution in [2.75, 3.05) is 30.9 Å². The fraction of sp³-hybridized carbons (Fsp3) is 0.611. The highest BCUT2D eigenvalue weighted by molar-refractivity contribution is 7.80. The lowest BCUT2D eigenvalue weighted by Crippen LogP contribution is -2.54. The molecular formula is C18H27N3O3S. The highest BCUT2D eigenvalue weighted by Crippen LogP contribution is 2.26. The van der Waals surface area contributed by atoms with Gasteiger partial charge in [-0.1, -0.05) is 12.8 Å². The first-order valence-corrected chi connectivity index (χ1v) is 10.1. The largest absolute Gasteiger partial charge is 0.333 e. The molecule has 0 radical (unpaired) electrons. The average Bonchev–Trinajstić information content (AvgIpc) is 3.07. The summed E-state index contributed by atoms with van der Waals surface area (Å²) in [4.78, 5) is 17.2. The number of carbonyl (C=O) groups excluding carboxylic acids is 1. The summed E-state index contributed by atoms with van der Waals surface area (Å²) in [6.45, 7) is 5.92. The van der Waals surface area contributed by atoms with E-state index in [1.807, 2.05) is 4.90 Å². The van der Waals surface area contributed by atoms with E-state index in [9.17, 15) is 9.00 Å². The summed E-state index contributed by atoms with van der Waals surface area (Å²) in [6.07, 6.45) is 5.44. The number of benzene rings is 1. The van der Waals surface area contributed by atoms with Gasteiger partial charge in [-0.3, -0.25) is 19.0 Å². The molecule has 1 aromatic rings. The quantitative estimate of drug-likeness (QED) is 0.787. The van der Waals surface area contributed by atoms with Crippen LogP contribution in [-0.4, -0.2) is 56.7 Å². The monoisotopic (exact) mass is 365 g/mol. The molecule has 0 spiro atoms. The lowest BCUT2D eigenvalue weighted by molar-refractivity contribution is 0.0461. The van der Waals surface area contributed by atoms with Gasteiger partial charge in [0.1, 0.15) is 0 Å². The Morgan fingerprint density at radius 2 is 1.92 bits per heavy atom. The highest BCUT2D eigenvalue weighted by Gasteiger charge is 2.29. The molecule has 1 saturated heterocycles. The van der Waals surface area contributed by atoms with Crippen molar-refractivity contribution in [3.05, 3.63) is 29.8 Å². The molecule has 2 N–H and O–H groups in total. The molecule has 3 rings (SSSR count). The van der Waals surface area contributed by atoms with E-state index in [0.717, 1.165) is 25.6 Å². The Morgan fingerprint density at radius 1 is 1.24 bits per heavy atom. The number of rotatable bonds is 5. The number of hydrogen-bond donors (Lipinski definition) is 2. The van der Waals surface area contributed by atoms with Crippen molar-refractivity contribution in [1.29, 1.82) is 0 Å². The van der Waals surface area contributed by atoms with E-state index in [-0.39, 0.29) is 11.9 Å². The maximum atomic E-state index is 12.8. The van der Waals surface area contributed by atoms with Crippen molar-refractivity contribution in [2.45, 2.75) is 38.6 Å². The van der Waals surface area contributed by atoms with Gasteiger partial charge in [0.05, 0.1) is 0 Å². The van der Waals surface area contributed by atoms with E-state index in [1.54, 1.807) is 24.3 Å². The number of nitrogens with zero attached hydrogens (tertiary/aromatic N) is 2. The molecule has 0 bridgehead atoms.